The van der Waals surface area contributed by atoms with E-state index in [0.29, 0.717) is 5.75 Å². The number of carbonyl (C=O) groups excluding carboxylic acids is 2. The fourth-order valence-electron chi connectivity index (χ4n) is 0.822. The predicted octanol–water partition coefficient (Wildman–Crippen LogP) is 0.460. The van der Waals surface area contributed by atoms with Gasteiger partial charge in [0.2, 0.25) is 5.91 Å². The minimum atomic E-state index is -0.658. The molecule has 0 aliphatic rings. The van der Waals surface area contributed by atoms with Crippen molar-refractivity contribution in [3.63, 3.8) is 0 Å². The Morgan fingerprint density at radius 3 is 2.82 bits per heavy atom. The van der Waals surface area contributed by atoms with Gasteiger partial charge in [0.05, 0.1) is 6.61 Å². The Labute approximate surface area is 102 Å². The van der Waals surface area contributed by atoms with Gasteiger partial charge in [-0.2, -0.15) is 0 Å². The standard InChI is InChI=1S/C9H13N3O4S/c1-3-15-8(14)7-11-12-9(16-7)17-4-5(2)6(10)13/h5H,3-4H2,1-2H3,(H2,10,13). The van der Waals surface area contributed by atoms with Crippen molar-refractivity contribution in [2.75, 3.05) is 12.4 Å². The van der Waals surface area contributed by atoms with Crippen molar-refractivity contribution in [3.8, 4) is 0 Å². The number of rotatable bonds is 6. The van der Waals surface area contributed by atoms with Crippen LogP contribution in [0, 0.1) is 5.92 Å². The second-order valence-electron chi connectivity index (χ2n) is 3.21. The third-order valence-corrected chi connectivity index (χ3v) is 2.88. The number of ether oxygens (including phenoxy) is 1. The normalized spacial score (nSPS) is 12.1. The van der Waals surface area contributed by atoms with Crippen molar-refractivity contribution >= 4 is 23.6 Å². The van der Waals surface area contributed by atoms with Gasteiger partial charge in [-0.25, -0.2) is 4.79 Å². The van der Waals surface area contributed by atoms with E-state index in [-0.39, 0.29) is 23.6 Å². The maximum atomic E-state index is 11.2. The van der Waals surface area contributed by atoms with E-state index in [1.165, 1.54) is 0 Å². The first kappa shape index (κ1) is 13.5. The summed E-state index contributed by atoms with van der Waals surface area (Å²) in [5, 5.41) is 7.38. The number of primary amides is 1. The molecule has 0 saturated heterocycles. The Balaban J connectivity index is 2.51. The first-order valence-electron chi connectivity index (χ1n) is 4.97. The molecule has 8 heteroatoms. The van der Waals surface area contributed by atoms with Crippen LogP contribution >= 0.6 is 11.8 Å². The summed E-state index contributed by atoms with van der Waals surface area (Å²) in [6.07, 6.45) is 0. The molecule has 0 aliphatic heterocycles. The third-order valence-electron chi connectivity index (χ3n) is 1.80. The number of aromatic nitrogens is 2. The molecule has 17 heavy (non-hydrogen) atoms. The molecule has 0 aliphatic carbocycles. The number of carbonyl (C=O) groups is 2. The predicted molar refractivity (Wildman–Crippen MR) is 59.3 cm³/mol. The highest BCUT2D eigenvalue weighted by molar-refractivity contribution is 7.99. The zero-order valence-corrected chi connectivity index (χ0v) is 10.3. The van der Waals surface area contributed by atoms with Gasteiger partial charge >= 0.3 is 11.9 Å². The molecule has 0 bridgehead atoms. The summed E-state index contributed by atoms with van der Waals surface area (Å²) in [7, 11) is 0. The summed E-state index contributed by atoms with van der Waals surface area (Å²) < 4.78 is 9.73. The molecule has 94 valence electrons. The van der Waals surface area contributed by atoms with Crippen molar-refractivity contribution < 1.29 is 18.7 Å². The number of thioether (sulfide) groups is 1. The topological polar surface area (TPSA) is 108 Å². The van der Waals surface area contributed by atoms with Crippen LogP contribution in [0.4, 0.5) is 0 Å². The van der Waals surface area contributed by atoms with E-state index < -0.39 is 11.9 Å². The highest BCUT2D eigenvalue weighted by Crippen LogP contribution is 2.19. The number of amides is 1. The first-order chi connectivity index (χ1) is 8.04. The molecule has 0 radical (unpaired) electrons. The minimum Gasteiger partial charge on any atom is -0.459 e. The molecule has 0 spiro atoms. The van der Waals surface area contributed by atoms with Crippen LogP contribution in [-0.2, 0) is 9.53 Å². The van der Waals surface area contributed by atoms with Crippen molar-refractivity contribution in [2.24, 2.45) is 11.7 Å². The molecular weight excluding hydrogens is 246 g/mol. The number of hydrogen-bond acceptors (Lipinski definition) is 7. The summed E-state index contributed by atoms with van der Waals surface area (Å²) in [5.41, 5.74) is 5.10. The molecule has 1 atom stereocenters. The molecule has 1 amide bonds. The second kappa shape index (κ2) is 6.24. The van der Waals surface area contributed by atoms with Gasteiger partial charge in [-0.15, -0.1) is 5.10 Å². The molecule has 2 N–H and O–H groups in total. The minimum absolute atomic E-state index is 0.193. The van der Waals surface area contributed by atoms with Gasteiger partial charge in [-0.05, 0) is 6.92 Å². The molecule has 0 aromatic carbocycles. The van der Waals surface area contributed by atoms with Crippen LogP contribution in [0.25, 0.3) is 0 Å². The van der Waals surface area contributed by atoms with E-state index in [2.05, 4.69) is 14.9 Å². The number of esters is 1. The van der Waals surface area contributed by atoms with Crippen LogP contribution in [0.5, 0.6) is 0 Å². The molecule has 0 fully saturated rings. The Morgan fingerprint density at radius 1 is 1.53 bits per heavy atom. The van der Waals surface area contributed by atoms with Gasteiger partial charge < -0.3 is 14.9 Å². The van der Waals surface area contributed by atoms with Crippen LogP contribution in [0.15, 0.2) is 9.64 Å². The molecule has 1 aromatic rings. The van der Waals surface area contributed by atoms with Crippen LogP contribution < -0.4 is 5.73 Å². The van der Waals surface area contributed by atoms with E-state index in [1.54, 1.807) is 13.8 Å². The highest BCUT2D eigenvalue weighted by Gasteiger charge is 2.17. The maximum Gasteiger partial charge on any atom is 0.396 e. The lowest BCUT2D eigenvalue weighted by molar-refractivity contribution is -0.120. The highest BCUT2D eigenvalue weighted by atomic mass is 32.2. The Morgan fingerprint density at radius 2 is 2.24 bits per heavy atom. The lowest BCUT2D eigenvalue weighted by Crippen LogP contribution is -2.22. The Kier molecular flexibility index (Phi) is 4.95. The van der Waals surface area contributed by atoms with Gasteiger partial charge in [-0.3, -0.25) is 4.79 Å². The lowest BCUT2D eigenvalue weighted by Gasteiger charge is -2.02. The third kappa shape index (κ3) is 4.06. The van der Waals surface area contributed by atoms with Gasteiger partial charge in [-0.1, -0.05) is 23.8 Å². The SMILES string of the molecule is CCOC(=O)c1nnc(SCC(C)C(N)=O)o1. The van der Waals surface area contributed by atoms with Crippen molar-refractivity contribution in [1.29, 1.82) is 0 Å². The number of hydrogen-bond donors (Lipinski definition) is 1. The Bertz CT molecular complexity index is 407. The quantitative estimate of drug-likeness (QED) is 0.583. The van der Waals surface area contributed by atoms with Crippen molar-refractivity contribution in [1.82, 2.24) is 10.2 Å². The molecule has 7 nitrogen and oxygen atoms in total. The first-order valence-corrected chi connectivity index (χ1v) is 5.95. The van der Waals surface area contributed by atoms with E-state index in [4.69, 9.17) is 10.2 Å². The molecule has 1 heterocycles. The van der Waals surface area contributed by atoms with Gasteiger partial charge in [0, 0.05) is 11.7 Å². The van der Waals surface area contributed by atoms with Gasteiger partial charge in [0.15, 0.2) is 0 Å². The summed E-state index contributed by atoms with van der Waals surface area (Å²) in [6, 6.07) is 0. The van der Waals surface area contributed by atoms with E-state index >= 15 is 0 Å². The van der Waals surface area contributed by atoms with E-state index in [0.717, 1.165) is 11.8 Å². The molecule has 1 rings (SSSR count). The summed E-state index contributed by atoms with van der Waals surface area (Å²) in [5.74, 6) is -1.14. The number of nitrogens with zero attached hydrogens (tertiary/aromatic N) is 2. The maximum absolute atomic E-state index is 11.2. The summed E-state index contributed by atoms with van der Waals surface area (Å²) >= 11 is 1.16. The number of nitrogens with two attached hydrogens (primary N) is 1. The second-order valence-corrected chi connectivity index (χ2v) is 4.18. The summed E-state index contributed by atoms with van der Waals surface area (Å²) in [4.78, 5) is 22.0. The zero-order valence-electron chi connectivity index (χ0n) is 9.50. The van der Waals surface area contributed by atoms with Crippen molar-refractivity contribution in [2.45, 2.75) is 19.1 Å². The van der Waals surface area contributed by atoms with Crippen molar-refractivity contribution in [3.05, 3.63) is 5.89 Å². The fourth-order valence-corrected chi connectivity index (χ4v) is 1.62. The van der Waals surface area contributed by atoms with Crippen LogP contribution in [0.2, 0.25) is 0 Å². The van der Waals surface area contributed by atoms with Gasteiger partial charge in [0.1, 0.15) is 0 Å². The molecule has 1 unspecified atom stereocenters. The van der Waals surface area contributed by atoms with E-state index in [9.17, 15) is 9.59 Å². The summed E-state index contributed by atoms with van der Waals surface area (Å²) in [6.45, 7) is 3.61. The average Bonchev–Trinajstić information content (AvgIpc) is 2.74. The molecular formula is C9H13N3O4S. The van der Waals surface area contributed by atoms with Crippen LogP contribution in [-0.4, -0.2) is 34.4 Å². The molecule has 0 saturated carbocycles. The fraction of sp³-hybridized carbons (Fsp3) is 0.556. The molecule has 1 aromatic heterocycles. The van der Waals surface area contributed by atoms with Crippen LogP contribution in [0.1, 0.15) is 24.5 Å². The lowest BCUT2D eigenvalue weighted by atomic mass is 10.2. The van der Waals surface area contributed by atoms with E-state index in [1.807, 2.05) is 0 Å². The van der Waals surface area contributed by atoms with Crippen LogP contribution in [0.3, 0.4) is 0 Å². The zero-order chi connectivity index (χ0) is 12.8. The monoisotopic (exact) mass is 259 g/mol. The smallest absolute Gasteiger partial charge is 0.396 e. The average molecular weight is 259 g/mol. The Hall–Kier alpha value is -1.57. The van der Waals surface area contributed by atoms with Gasteiger partial charge in [0.25, 0.3) is 5.22 Å². The largest absolute Gasteiger partial charge is 0.459 e.